The number of amides is 1. The van der Waals surface area contributed by atoms with Crippen molar-refractivity contribution in [2.45, 2.75) is 39.5 Å². The molecule has 0 unspecified atom stereocenters. The summed E-state index contributed by atoms with van der Waals surface area (Å²) in [4.78, 5) is 18.9. The summed E-state index contributed by atoms with van der Waals surface area (Å²) in [7, 11) is 1.90. The Kier molecular flexibility index (Phi) is 4.99. The number of pyridine rings is 1. The van der Waals surface area contributed by atoms with Crippen LogP contribution in [-0.2, 0) is 6.42 Å². The number of nitrogens with zero attached hydrogens (tertiary/aromatic N) is 2. The molecule has 1 heterocycles. The van der Waals surface area contributed by atoms with Gasteiger partial charge in [0.15, 0.2) is 0 Å². The van der Waals surface area contributed by atoms with Crippen LogP contribution in [0.1, 0.15) is 49.2 Å². The Labute approximate surface area is 121 Å². The smallest absolute Gasteiger partial charge is 0.253 e. The van der Waals surface area contributed by atoms with Crippen LogP contribution in [-0.4, -0.2) is 35.9 Å². The van der Waals surface area contributed by atoms with Gasteiger partial charge in [-0.25, -0.2) is 4.98 Å². The molecule has 110 valence electrons. The standard InChI is InChI=1S/C16H25N3O/c1-4-14-9-13(10-15(18-14)17-5-2)16(20)19(3)11-12-7-6-8-12/h9-10,12H,4-8,11H2,1-3H3,(H,17,18). The predicted octanol–water partition coefficient (Wildman–Crippen LogP) is 2.95. The molecule has 1 aliphatic carbocycles. The fraction of sp³-hybridized carbons (Fsp3) is 0.625. The zero-order valence-corrected chi connectivity index (χ0v) is 12.8. The molecule has 0 atom stereocenters. The van der Waals surface area contributed by atoms with Crippen LogP contribution >= 0.6 is 0 Å². The van der Waals surface area contributed by atoms with Crippen molar-refractivity contribution in [3.63, 3.8) is 0 Å². The number of anilines is 1. The molecular weight excluding hydrogens is 250 g/mol. The van der Waals surface area contributed by atoms with E-state index in [1.807, 2.05) is 31.0 Å². The largest absolute Gasteiger partial charge is 0.370 e. The number of nitrogens with one attached hydrogen (secondary N) is 1. The van der Waals surface area contributed by atoms with Gasteiger partial charge in [-0.3, -0.25) is 4.79 Å². The predicted molar refractivity (Wildman–Crippen MR) is 82.1 cm³/mol. The molecule has 0 aromatic carbocycles. The van der Waals surface area contributed by atoms with Gasteiger partial charge in [0.1, 0.15) is 5.82 Å². The lowest BCUT2D eigenvalue weighted by atomic mass is 9.85. The molecule has 0 saturated heterocycles. The van der Waals surface area contributed by atoms with Crippen molar-refractivity contribution in [3.05, 3.63) is 23.4 Å². The summed E-state index contributed by atoms with van der Waals surface area (Å²) in [6, 6.07) is 3.78. The number of hydrogen-bond acceptors (Lipinski definition) is 3. The van der Waals surface area contributed by atoms with Crippen LogP contribution in [0.25, 0.3) is 0 Å². The fourth-order valence-electron chi connectivity index (χ4n) is 2.53. The van der Waals surface area contributed by atoms with Gasteiger partial charge in [-0.2, -0.15) is 0 Å². The average Bonchev–Trinajstić information content (AvgIpc) is 2.41. The Morgan fingerprint density at radius 2 is 2.15 bits per heavy atom. The summed E-state index contributed by atoms with van der Waals surface area (Å²) in [5.74, 6) is 1.60. The molecular formula is C16H25N3O. The van der Waals surface area contributed by atoms with Gasteiger partial charge in [0.25, 0.3) is 5.91 Å². The quantitative estimate of drug-likeness (QED) is 0.868. The number of carbonyl (C=O) groups is 1. The first-order chi connectivity index (χ1) is 9.63. The Bertz CT molecular complexity index is 469. The van der Waals surface area contributed by atoms with Gasteiger partial charge in [0.2, 0.25) is 0 Å². The number of hydrogen-bond donors (Lipinski definition) is 1. The van der Waals surface area contributed by atoms with Gasteiger partial charge in [0, 0.05) is 31.4 Å². The maximum absolute atomic E-state index is 12.5. The summed E-state index contributed by atoms with van der Waals surface area (Å²) < 4.78 is 0. The fourth-order valence-corrected chi connectivity index (χ4v) is 2.53. The molecule has 1 fully saturated rings. The number of aryl methyl sites for hydroxylation is 1. The van der Waals surface area contributed by atoms with E-state index in [4.69, 9.17) is 0 Å². The van der Waals surface area contributed by atoms with Gasteiger partial charge in [-0.1, -0.05) is 13.3 Å². The van der Waals surface area contributed by atoms with E-state index < -0.39 is 0 Å². The molecule has 4 heteroatoms. The average molecular weight is 275 g/mol. The van der Waals surface area contributed by atoms with Crippen molar-refractivity contribution < 1.29 is 4.79 Å². The van der Waals surface area contributed by atoms with Crippen LogP contribution in [0, 0.1) is 5.92 Å². The molecule has 0 bridgehead atoms. The monoisotopic (exact) mass is 275 g/mol. The molecule has 1 N–H and O–H groups in total. The van der Waals surface area contributed by atoms with E-state index in [2.05, 4.69) is 17.2 Å². The summed E-state index contributed by atoms with van der Waals surface area (Å²) in [5, 5.41) is 3.20. The minimum atomic E-state index is 0.105. The highest BCUT2D eigenvalue weighted by Crippen LogP contribution is 2.27. The molecule has 0 aliphatic heterocycles. The molecule has 1 aromatic rings. The molecule has 1 aliphatic rings. The van der Waals surface area contributed by atoms with Gasteiger partial charge in [-0.05, 0) is 44.2 Å². The van der Waals surface area contributed by atoms with Gasteiger partial charge in [-0.15, -0.1) is 0 Å². The lowest BCUT2D eigenvalue weighted by Gasteiger charge is -2.30. The third-order valence-electron chi connectivity index (χ3n) is 3.95. The first kappa shape index (κ1) is 14.8. The van der Waals surface area contributed by atoms with Crippen LogP contribution in [0.2, 0.25) is 0 Å². The van der Waals surface area contributed by atoms with Crippen LogP contribution < -0.4 is 5.32 Å². The third kappa shape index (κ3) is 3.50. The van der Waals surface area contributed by atoms with Crippen molar-refractivity contribution in [2.24, 2.45) is 5.92 Å². The molecule has 1 amide bonds. The van der Waals surface area contributed by atoms with E-state index in [9.17, 15) is 4.79 Å². The van der Waals surface area contributed by atoms with Crippen molar-refractivity contribution >= 4 is 11.7 Å². The Balaban J connectivity index is 2.12. The van der Waals surface area contributed by atoms with E-state index in [1.54, 1.807) is 0 Å². The first-order valence-corrected chi connectivity index (χ1v) is 7.64. The lowest BCUT2D eigenvalue weighted by molar-refractivity contribution is 0.0745. The minimum Gasteiger partial charge on any atom is -0.370 e. The van der Waals surface area contributed by atoms with E-state index in [0.29, 0.717) is 5.92 Å². The maximum atomic E-state index is 12.5. The molecule has 2 rings (SSSR count). The molecule has 0 spiro atoms. The van der Waals surface area contributed by atoms with Crippen LogP contribution in [0.5, 0.6) is 0 Å². The zero-order chi connectivity index (χ0) is 14.5. The SMILES string of the molecule is CCNc1cc(C(=O)N(C)CC2CCC2)cc(CC)n1. The Morgan fingerprint density at radius 1 is 1.40 bits per heavy atom. The van der Waals surface area contributed by atoms with Gasteiger partial charge < -0.3 is 10.2 Å². The molecule has 1 aromatic heterocycles. The summed E-state index contributed by atoms with van der Waals surface area (Å²) >= 11 is 0. The molecule has 1 saturated carbocycles. The van der Waals surface area contributed by atoms with Crippen LogP contribution in [0.4, 0.5) is 5.82 Å². The zero-order valence-electron chi connectivity index (χ0n) is 12.8. The first-order valence-electron chi connectivity index (χ1n) is 7.64. The summed E-state index contributed by atoms with van der Waals surface area (Å²) in [6.45, 7) is 5.78. The summed E-state index contributed by atoms with van der Waals surface area (Å²) in [6.07, 6.45) is 4.67. The second-order valence-corrected chi connectivity index (χ2v) is 5.60. The van der Waals surface area contributed by atoms with E-state index in [1.165, 1.54) is 19.3 Å². The van der Waals surface area contributed by atoms with Crippen molar-refractivity contribution in [1.29, 1.82) is 0 Å². The van der Waals surface area contributed by atoms with Crippen LogP contribution in [0.3, 0.4) is 0 Å². The molecule has 20 heavy (non-hydrogen) atoms. The van der Waals surface area contributed by atoms with Crippen LogP contribution in [0.15, 0.2) is 12.1 Å². The second-order valence-electron chi connectivity index (χ2n) is 5.60. The Morgan fingerprint density at radius 3 is 2.70 bits per heavy atom. The number of rotatable bonds is 6. The topological polar surface area (TPSA) is 45.2 Å². The highest BCUT2D eigenvalue weighted by molar-refractivity contribution is 5.94. The van der Waals surface area contributed by atoms with E-state index in [-0.39, 0.29) is 5.91 Å². The summed E-state index contributed by atoms with van der Waals surface area (Å²) in [5.41, 5.74) is 1.71. The number of carbonyl (C=O) groups excluding carboxylic acids is 1. The van der Waals surface area contributed by atoms with E-state index >= 15 is 0 Å². The van der Waals surface area contributed by atoms with E-state index in [0.717, 1.165) is 36.6 Å². The van der Waals surface area contributed by atoms with Gasteiger partial charge >= 0.3 is 0 Å². The number of aromatic nitrogens is 1. The molecule has 4 nitrogen and oxygen atoms in total. The minimum absolute atomic E-state index is 0.105. The third-order valence-corrected chi connectivity index (χ3v) is 3.95. The van der Waals surface area contributed by atoms with Crippen molar-refractivity contribution in [3.8, 4) is 0 Å². The van der Waals surface area contributed by atoms with Crippen molar-refractivity contribution in [2.75, 3.05) is 25.5 Å². The second kappa shape index (κ2) is 6.73. The Hall–Kier alpha value is -1.58. The lowest BCUT2D eigenvalue weighted by Crippen LogP contribution is -2.34. The highest BCUT2D eigenvalue weighted by atomic mass is 16.2. The molecule has 0 radical (unpaired) electrons. The van der Waals surface area contributed by atoms with Gasteiger partial charge in [0.05, 0.1) is 0 Å². The van der Waals surface area contributed by atoms with Crippen molar-refractivity contribution in [1.82, 2.24) is 9.88 Å². The maximum Gasteiger partial charge on any atom is 0.253 e. The normalized spacial score (nSPS) is 14.8. The highest BCUT2D eigenvalue weighted by Gasteiger charge is 2.22.